The van der Waals surface area contributed by atoms with Crippen LogP contribution in [-0.2, 0) is 14.3 Å². The van der Waals surface area contributed by atoms with E-state index in [0.717, 1.165) is 52.0 Å². The zero-order valence-electron chi connectivity index (χ0n) is 13.4. The van der Waals surface area contributed by atoms with Gasteiger partial charge in [-0.25, -0.2) is 0 Å². The standard InChI is InChI=1S/C15H30N2O3/c1-5-8-16-15(3,14(18)19-4)7-6-9-17-10-11-20-13(2)12-17/h13,16H,5-12H2,1-4H3. The van der Waals surface area contributed by atoms with Crippen LogP contribution in [0.1, 0.15) is 40.0 Å². The number of hydrogen-bond donors (Lipinski definition) is 1. The zero-order chi connectivity index (χ0) is 15.0. The maximum atomic E-state index is 12.0. The first kappa shape index (κ1) is 17.4. The van der Waals surface area contributed by atoms with E-state index in [2.05, 4.69) is 24.1 Å². The molecule has 0 bridgehead atoms. The summed E-state index contributed by atoms with van der Waals surface area (Å²) in [5, 5.41) is 3.33. The highest BCUT2D eigenvalue weighted by Crippen LogP contribution is 2.16. The SMILES string of the molecule is CCCNC(C)(CCCN1CCOC(C)C1)C(=O)OC. The summed E-state index contributed by atoms with van der Waals surface area (Å²) >= 11 is 0. The lowest BCUT2D eigenvalue weighted by Crippen LogP contribution is -2.51. The van der Waals surface area contributed by atoms with Crippen molar-refractivity contribution in [3.8, 4) is 0 Å². The van der Waals surface area contributed by atoms with Crippen LogP contribution < -0.4 is 5.32 Å². The predicted octanol–water partition coefficient (Wildman–Crippen LogP) is 1.42. The summed E-state index contributed by atoms with van der Waals surface area (Å²) in [5.41, 5.74) is -0.567. The molecule has 0 aromatic heterocycles. The largest absolute Gasteiger partial charge is 0.468 e. The van der Waals surface area contributed by atoms with Crippen LogP contribution in [0.3, 0.4) is 0 Å². The Morgan fingerprint density at radius 3 is 2.90 bits per heavy atom. The Morgan fingerprint density at radius 2 is 2.30 bits per heavy atom. The van der Waals surface area contributed by atoms with E-state index in [-0.39, 0.29) is 5.97 Å². The second-order valence-corrected chi connectivity index (χ2v) is 5.84. The van der Waals surface area contributed by atoms with E-state index < -0.39 is 5.54 Å². The highest BCUT2D eigenvalue weighted by molar-refractivity contribution is 5.80. The maximum absolute atomic E-state index is 12.0. The third-order valence-corrected chi connectivity index (χ3v) is 3.88. The fraction of sp³-hybridized carbons (Fsp3) is 0.933. The van der Waals surface area contributed by atoms with Crippen molar-refractivity contribution in [2.24, 2.45) is 0 Å². The minimum Gasteiger partial charge on any atom is -0.468 e. The monoisotopic (exact) mass is 286 g/mol. The van der Waals surface area contributed by atoms with Gasteiger partial charge in [-0.15, -0.1) is 0 Å². The third kappa shape index (κ3) is 5.38. The molecule has 0 amide bonds. The van der Waals surface area contributed by atoms with Crippen molar-refractivity contribution in [1.82, 2.24) is 10.2 Å². The second kappa shape index (κ2) is 8.60. The Kier molecular flexibility index (Phi) is 7.48. The first-order chi connectivity index (χ1) is 9.51. The van der Waals surface area contributed by atoms with E-state index in [4.69, 9.17) is 9.47 Å². The highest BCUT2D eigenvalue weighted by Gasteiger charge is 2.33. The lowest BCUT2D eigenvalue weighted by atomic mass is 9.95. The summed E-state index contributed by atoms with van der Waals surface area (Å²) in [6.07, 6.45) is 3.10. The number of esters is 1. The maximum Gasteiger partial charge on any atom is 0.325 e. The van der Waals surface area contributed by atoms with Crippen molar-refractivity contribution in [2.45, 2.75) is 51.7 Å². The van der Waals surface area contributed by atoms with E-state index in [1.54, 1.807) is 0 Å². The molecule has 0 radical (unpaired) electrons. The van der Waals surface area contributed by atoms with Gasteiger partial charge in [-0.2, -0.15) is 0 Å². The molecule has 5 nitrogen and oxygen atoms in total. The molecule has 5 heteroatoms. The first-order valence-electron chi connectivity index (χ1n) is 7.69. The van der Waals surface area contributed by atoms with Crippen molar-refractivity contribution in [2.75, 3.05) is 39.9 Å². The Labute approximate surface area is 123 Å². The minimum absolute atomic E-state index is 0.165. The summed E-state index contributed by atoms with van der Waals surface area (Å²) in [7, 11) is 1.46. The van der Waals surface area contributed by atoms with Gasteiger partial charge in [0.2, 0.25) is 0 Å². The summed E-state index contributed by atoms with van der Waals surface area (Å²) in [5.74, 6) is -0.165. The number of carbonyl (C=O) groups is 1. The fourth-order valence-corrected chi connectivity index (χ4v) is 2.64. The van der Waals surface area contributed by atoms with E-state index in [0.29, 0.717) is 6.10 Å². The fourth-order valence-electron chi connectivity index (χ4n) is 2.64. The molecular weight excluding hydrogens is 256 g/mol. The van der Waals surface area contributed by atoms with Gasteiger partial charge in [0.25, 0.3) is 0 Å². The van der Waals surface area contributed by atoms with Gasteiger partial charge in [0.05, 0.1) is 19.8 Å². The molecule has 2 unspecified atom stereocenters. The summed E-state index contributed by atoms with van der Waals surface area (Å²) in [6.45, 7) is 10.8. The number of methoxy groups -OCH3 is 1. The van der Waals surface area contributed by atoms with Gasteiger partial charge >= 0.3 is 5.97 Å². The van der Waals surface area contributed by atoms with Gasteiger partial charge in [-0.1, -0.05) is 6.92 Å². The zero-order valence-corrected chi connectivity index (χ0v) is 13.4. The second-order valence-electron chi connectivity index (χ2n) is 5.84. The van der Waals surface area contributed by atoms with Crippen molar-refractivity contribution < 1.29 is 14.3 Å². The lowest BCUT2D eigenvalue weighted by Gasteiger charge is -2.33. The molecule has 1 rings (SSSR count). The molecule has 118 valence electrons. The molecule has 1 saturated heterocycles. The molecule has 2 atom stereocenters. The van der Waals surface area contributed by atoms with Crippen LogP contribution >= 0.6 is 0 Å². The molecule has 1 N–H and O–H groups in total. The van der Waals surface area contributed by atoms with E-state index in [9.17, 15) is 4.79 Å². The van der Waals surface area contributed by atoms with Gasteiger partial charge in [0.15, 0.2) is 0 Å². The van der Waals surface area contributed by atoms with Gasteiger partial charge in [-0.3, -0.25) is 9.69 Å². The average molecular weight is 286 g/mol. The van der Waals surface area contributed by atoms with Crippen LogP contribution in [0.15, 0.2) is 0 Å². The quantitative estimate of drug-likeness (QED) is 0.684. The first-order valence-corrected chi connectivity index (χ1v) is 7.69. The van der Waals surface area contributed by atoms with Gasteiger partial charge < -0.3 is 14.8 Å². The van der Waals surface area contributed by atoms with Crippen molar-refractivity contribution >= 4 is 5.97 Å². The Balaban J connectivity index is 2.39. The van der Waals surface area contributed by atoms with E-state index in [1.807, 2.05) is 6.92 Å². The predicted molar refractivity (Wildman–Crippen MR) is 79.8 cm³/mol. The summed E-state index contributed by atoms with van der Waals surface area (Å²) in [4.78, 5) is 14.4. The van der Waals surface area contributed by atoms with Gasteiger partial charge in [0.1, 0.15) is 5.54 Å². The van der Waals surface area contributed by atoms with Crippen LogP contribution in [-0.4, -0.2) is 62.4 Å². The Morgan fingerprint density at radius 1 is 1.55 bits per heavy atom. The Hall–Kier alpha value is -0.650. The van der Waals surface area contributed by atoms with Gasteiger partial charge in [0, 0.05) is 13.1 Å². The molecule has 0 spiro atoms. The van der Waals surface area contributed by atoms with Crippen molar-refractivity contribution in [3.63, 3.8) is 0 Å². The van der Waals surface area contributed by atoms with E-state index in [1.165, 1.54) is 7.11 Å². The van der Waals surface area contributed by atoms with Gasteiger partial charge in [-0.05, 0) is 46.2 Å². The number of nitrogens with zero attached hydrogens (tertiary/aromatic N) is 1. The molecule has 0 saturated carbocycles. The third-order valence-electron chi connectivity index (χ3n) is 3.88. The molecule has 1 aliphatic heterocycles. The molecule has 1 aliphatic rings. The molecule has 0 aromatic carbocycles. The molecular formula is C15H30N2O3. The van der Waals surface area contributed by atoms with Crippen LogP contribution in [0.4, 0.5) is 0 Å². The van der Waals surface area contributed by atoms with E-state index >= 15 is 0 Å². The number of morpholine rings is 1. The molecule has 1 fully saturated rings. The normalized spacial score (nSPS) is 23.3. The molecule has 0 aromatic rings. The lowest BCUT2D eigenvalue weighted by molar-refractivity contribution is -0.148. The number of hydrogen-bond acceptors (Lipinski definition) is 5. The Bertz CT molecular complexity index is 299. The number of ether oxygens (including phenoxy) is 2. The van der Waals surface area contributed by atoms with Crippen molar-refractivity contribution in [1.29, 1.82) is 0 Å². The topological polar surface area (TPSA) is 50.8 Å². The smallest absolute Gasteiger partial charge is 0.325 e. The highest BCUT2D eigenvalue weighted by atomic mass is 16.5. The molecule has 0 aliphatic carbocycles. The summed E-state index contributed by atoms with van der Waals surface area (Å²) in [6, 6.07) is 0. The number of rotatable bonds is 8. The molecule has 1 heterocycles. The number of nitrogens with one attached hydrogen (secondary N) is 1. The number of carbonyl (C=O) groups excluding carboxylic acids is 1. The van der Waals surface area contributed by atoms with Crippen LogP contribution in [0, 0.1) is 0 Å². The minimum atomic E-state index is -0.567. The van der Waals surface area contributed by atoms with Crippen LogP contribution in [0.2, 0.25) is 0 Å². The molecule has 20 heavy (non-hydrogen) atoms. The van der Waals surface area contributed by atoms with Crippen LogP contribution in [0.5, 0.6) is 0 Å². The summed E-state index contributed by atoms with van der Waals surface area (Å²) < 4.78 is 10.5. The average Bonchev–Trinajstić information content (AvgIpc) is 2.44. The van der Waals surface area contributed by atoms with Crippen LogP contribution in [0.25, 0.3) is 0 Å². The van der Waals surface area contributed by atoms with Crippen molar-refractivity contribution in [3.05, 3.63) is 0 Å².